The molecule has 0 rings (SSSR count). The third-order valence-corrected chi connectivity index (χ3v) is 12.7. The third kappa shape index (κ3) is 47.8. The molecule has 6 nitrogen and oxygen atoms in total. The Morgan fingerprint density at radius 3 is 1.15 bits per heavy atom. The van der Waals surface area contributed by atoms with Gasteiger partial charge in [0.2, 0.25) is 5.91 Å². The number of aliphatic hydroxyl groups excluding tert-OH is 2. The monoisotopic (exact) mass is 874 g/mol. The van der Waals surface area contributed by atoms with Crippen molar-refractivity contribution in [2.75, 3.05) is 13.2 Å². The average molecular weight is 874 g/mol. The van der Waals surface area contributed by atoms with Crippen LogP contribution in [0.3, 0.4) is 0 Å². The van der Waals surface area contributed by atoms with Crippen LogP contribution in [0.5, 0.6) is 0 Å². The van der Waals surface area contributed by atoms with Gasteiger partial charge >= 0.3 is 5.97 Å². The quantitative estimate of drug-likeness (QED) is 0.0321. The first-order valence-corrected chi connectivity index (χ1v) is 27.6. The molecule has 0 aliphatic rings. The Labute approximate surface area is 386 Å². The van der Waals surface area contributed by atoms with Gasteiger partial charge in [-0.2, -0.15) is 0 Å². The fourth-order valence-corrected chi connectivity index (χ4v) is 8.45. The van der Waals surface area contributed by atoms with E-state index in [9.17, 15) is 19.8 Å². The molecule has 1 amide bonds. The van der Waals surface area contributed by atoms with Crippen LogP contribution in [0.15, 0.2) is 24.3 Å². The maximum absolute atomic E-state index is 12.4. The number of hydrogen-bond donors (Lipinski definition) is 3. The Bertz CT molecular complexity index is 966. The number of carbonyl (C=O) groups excluding carboxylic acids is 2. The summed E-state index contributed by atoms with van der Waals surface area (Å²) < 4.78 is 5.45. The number of nitrogens with one attached hydrogen (secondary N) is 1. The maximum atomic E-state index is 12.4. The number of aliphatic hydroxyl groups is 2. The van der Waals surface area contributed by atoms with E-state index in [-0.39, 0.29) is 18.5 Å². The summed E-state index contributed by atoms with van der Waals surface area (Å²) in [5.74, 6) is -0.0810. The lowest BCUT2D eigenvalue weighted by Gasteiger charge is -2.20. The predicted octanol–water partition coefficient (Wildman–Crippen LogP) is 16.7. The number of rotatable bonds is 51. The smallest absolute Gasteiger partial charge is 0.305 e. The van der Waals surface area contributed by atoms with E-state index in [0.29, 0.717) is 19.4 Å². The van der Waals surface area contributed by atoms with Gasteiger partial charge in [0.1, 0.15) is 0 Å². The molecule has 0 aliphatic carbocycles. The zero-order valence-electron chi connectivity index (χ0n) is 41.6. The minimum atomic E-state index is -0.851. The summed E-state index contributed by atoms with van der Waals surface area (Å²) in [5.41, 5.74) is 0. The van der Waals surface area contributed by atoms with Gasteiger partial charge in [0.25, 0.3) is 0 Å². The van der Waals surface area contributed by atoms with Crippen LogP contribution in [0.4, 0.5) is 0 Å². The lowest BCUT2D eigenvalue weighted by Crippen LogP contribution is -2.45. The highest BCUT2D eigenvalue weighted by molar-refractivity contribution is 5.76. The van der Waals surface area contributed by atoms with Crippen LogP contribution < -0.4 is 5.32 Å². The summed E-state index contributed by atoms with van der Waals surface area (Å²) in [6, 6.07) is -0.636. The summed E-state index contributed by atoms with van der Waals surface area (Å²) in [6.45, 7) is 4.89. The second kappa shape index (κ2) is 52.0. The largest absolute Gasteiger partial charge is 0.466 e. The number of allylic oxidation sites excluding steroid dienone is 3. The van der Waals surface area contributed by atoms with E-state index in [0.717, 1.165) is 57.8 Å². The molecule has 0 bridgehead atoms. The number of ether oxygens (including phenoxy) is 1. The standard InChI is InChI=1S/C56H107NO5/c1-3-5-7-9-11-13-15-17-18-22-25-28-32-36-40-44-48-54(59)53(52-58)57-55(60)49-45-41-37-33-29-26-23-20-19-21-24-27-31-35-39-43-47-51-62-56(61)50-46-42-38-34-30-16-14-12-10-8-6-4-2/h19,21,44,48,53-54,58-59H,3-18,20,22-43,45-47,49-52H2,1-2H3,(H,57,60)/b21-19-,48-44+. The molecule has 366 valence electrons. The first-order valence-electron chi connectivity index (χ1n) is 27.6. The van der Waals surface area contributed by atoms with Crippen LogP contribution in [0, 0.1) is 0 Å². The molecule has 2 atom stereocenters. The molecule has 0 radical (unpaired) electrons. The van der Waals surface area contributed by atoms with E-state index in [1.807, 2.05) is 6.08 Å². The fourth-order valence-electron chi connectivity index (χ4n) is 8.45. The van der Waals surface area contributed by atoms with Gasteiger partial charge in [0.05, 0.1) is 25.4 Å². The summed E-state index contributed by atoms with van der Waals surface area (Å²) in [4.78, 5) is 24.4. The van der Waals surface area contributed by atoms with Gasteiger partial charge < -0.3 is 20.3 Å². The summed E-state index contributed by atoms with van der Waals surface area (Å²) >= 11 is 0. The van der Waals surface area contributed by atoms with Gasteiger partial charge in [-0.25, -0.2) is 0 Å². The number of unbranched alkanes of at least 4 members (excludes halogenated alkanes) is 38. The van der Waals surface area contributed by atoms with Crippen molar-refractivity contribution in [1.82, 2.24) is 5.32 Å². The van der Waals surface area contributed by atoms with Crippen LogP contribution in [0.1, 0.15) is 296 Å². The van der Waals surface area contributed by atoms with Crippen molar-refractivity contribution < 1.29 is 24.5 Å². The van der Waals surface area contributed by atoms with Crippen molar-refractivity contribution >= 4 is 11.9 Å². The van der Waals surface area contributed by atoms with Gasteiger partial charge in [0.15, 0.2) is 0 Å². The first-order chi connectivity index (χ1) is 30.5. The molecule has 0 aromatic rings. The SMILES string of the molecule is CCCCCCCCCCCCCCCC/C=C/C(O)C(CO)NC(=O)CCCCCCCCC/C=C\CCCCCCCCOC(=O)CCCCCCCCCCCCCC. The highest BCUT2D eigenvalue weighted by Crippen LogP contribution is 2.16. The lowest BCUT2D eigenvalue weighted by atomic mass is 10.0. The van der Waals surface area contributed by atoms with Crippen LogP contribution in [-0.4, -0.2) is 47.4 Å². The molecule has 6 heteroatoms. The van der Waals surface area contributed by atoms with E-state index in [4.69, 9.17) is 4.74 Å². The summed E-state index contributed by atoms with van der Waals surface area (Å²) in [5, 5.41) is 23.1. The molecule has 0 aliphatic heterocycles. The Balaban J connectivity index is 3.49. The van der Waals surface area contributed by atoms with Crippen LogP contribution in [0.25, 0.3) is 0 Å². The van der Waals surface area contributed by atoms with Gasteiger partial charge in [-0.05, 0) is 57.8 Å². The summed E-state index contributed by atoms with van der Waals surface area (Å²) in [6.07, 6.45) is 61.8. The van der Waals surface area contributed by atoms with Gasteiger partial charge in [-0.3, -0.25) is 9.59 Å². The van der Waals surface area contributed by atoms with Gasteiger partial charge in [-0.15, -0.1) is 0 Å². The number of hydrogen-bond acceptors (Lipinski definition) is 5. The normalized spacial score (nSPS) is 12.8. The predicted molar refractivity (Wildman–Crippen MR) is 269 cm³/mol. The van der Waals surface area contributed by atoms with E-state index < -0.39 is 12.1 Å². The maximum Gasteiger partial charge on any atom is 0.305 e. The molecule has 3 N–H and O–H groups in total. The molecular formula is C56H107NO5. The van der Waals surface area contributed by atoms with Crippen molar-refractivity contribution in [3.05, 3.63) is 24.3 Å². The average Bonchev–Trinajstić information content (AvgIpc) is 3.27. The van der Waals surface area contributed by atoms with E-state index in [1.54, 1.807) is 6.08 Å². The molecule has 0 fully saturated rings. The number of amides is 1. The van der Waals surface area contributed by atoms with E-state index in [1.165, 1.54) is 212 Å². The topological polar surface area (TPSA) is 95.9 Å². The molecule has 0 saturated carbocycles. The highest BCUT2D eigenvalue weighted by atomic mass is 16.5. The third-order valence-electron chi connectivity index (χ3n) is 12.7. The molecule has 0 aromatic carbocycles. The molecular weight excluding hydrogens is 767 g/mol. The molecule has 0 spiro atoms. The van der Waals surface area contributed by atoms with Crippen molar-refractivity contribution in [2.24, 2.45) is 0 Å². The van der Waals surface area contributed by atoms with Crippen molar-refractivity contribution in [1.29, 1.82) is 0 Å². The second-order valence-corrected chi connectivity index (χ2v) is 18.9. The Hall–Kier alpha value is -1.66. The van der Waals surface area contributed by atoms with Crippen LogP contribution in [0.2, 0.25) is 0 Å². The number of esters is 1. The van der Waals surface area contributed by atoms with E-state index >= 15 is 0 Å². The highest BCUT2D eigenvalue weighted by Gasteiger charge is 2.18. The van der Waals surface area contributed by atoms with Crippen molar-refractivity contribution in [3.8, 4) is 0 Å². The zero-order valence-corrected chi connectivity index (χ0v) is 41.6. The lowest BCUT2D eigenvalue weighted by molar-refractivity contribution is -0.143. The molecule has 0 aromatic heterocycles. The van der Waals surface area contributed by atoms with Gasteiger partial charge in [0, 0.05) is 12.8 Å². The molecule has 2 unspecified atom stereocenters. The van der Waals surface area contributed by atoms with Gasteiger partial charge in [-0.1, -0.05) is 250 Å². The van der Waals surface area contributed by atoms with Crippen LogP contribution >= 0.6 is 0 Å². The minimum Gasteiger partial charge on any atom is -0.466 e. The summed E-state index contributed by atoms with van der Waals surface area (Å²) in [7, 11) is 0. The molecule has 0 heterocycles. The first kappa shape index (κ1) is 60.3. The van der Waals surface area contributed by atoms with Crippen molar-refractivity contribution in [3.63, 3.8) is 0 Å². The fraction of sp³-hybridized carbons (Fsp3) is 0.893. The van der Waals surface area contributed by atoms with Crippen molar-refractivity contribution in [2.45, 2.75) is 309 Å². The van der Waals surface area contributed by atoms with E-state index in [2.05, 4.69) is 31.3 Å². The minimum absolute atomic E-state index is 0.00211. The molecule has 0 saturated heterocycles. The Morgan fingerprint density at radius 2 is 0.758 bits per heavy atom. The second-order valence-electron chi connectivity index (χ2n) is 18.9. The zero-order chi connectivity index (χ0) is 45.1. The Kier molecular flexibility index (Phi) is 50.6. The molecule has 62 heavy (non-hydrogen) atoms. The van der Waals surface area contributed by atoms with Crippen LogP contribution in [-0.2, 0) is 14.3 Å². The Morgan fingerprint density at radius 1 is 0.435 bits per heavy atom. The number of carbonyl (C=O) groups is 2.